The van der Waals surface area contributed by atoms with Gasteiger partial charge in [0.1, 0.15) is 0 Å². The fourth-order valence-corrected chi connectivity index (χ4v) is 2.12. The monoisotopic (exact) mass is 260 g/mol. The van der Waals surface area contributed by atoms with E-state index in [1.165, 1.54) is 31.5 Å². The van der Waals surface area contributed by atoms with Crippen LogP contribution in [0.2, 0.25) is 0 Å². The van der Waals surface area contributed by atoms with Crippen molar-refractivity contribution in [1.29, 1.82) is 0 Å². The minimum absolute atomic E-state index is 0.343. The van der Waals surface area contributed by atoms with E-state index in [0.717, 1.165) is 18.9 Å². The van der Waals surface area contributed by atoms with E-state index in [0.29, 0.717) is 4.95 Å². The first kappa shape index (κ1) is 12.0. The Kier molecular flexibility index (Phi) is 5.53. The molecule has 2 atom stereocenters. The van der Waals surface area contributed by atoms with Crippen molar-refractivity contribution in [2.45, 2.75) is 50.9 Å². The first-order valence-corrected chi connectivity index (χ1v) is 6.58. The van der Waals surface area contributed by atoms with Crippen LogP contribution >= 0.6 is 15.9 Å². The largest absolute Gasteiger partial charge is 0.362 e. The molecule has 0 saturated carbocycles. The summed E-state index contributed by atoms with van der Waals surface area (Å²) in [6.45, 7) is 5.38. The summed E-state index contributed by atoms with van der Waals surface area (Å²) in [6.07, 6.45) is 6.55. The second-order valence-corrected chi connectivity index (χ2v) is 5.49. The van der Waals surface area contributed by atoms with Crippen LogP contribution in [0.25, 0.3) is 0 Å². The number of aliphatic imine (C=N–C) groups is 1. The molecule has 82 valence electrons. The SMILES string of the molecule is CCCCCC1CN=C(NC(C)Br)C1. The average molecular weight is 261 g/mol. The van der Waals surface area contributed by atoms with Crippen LogP contribution < -0.4 is 5.32 Å². The highest BCUT2D eigenvalue weighted by Crippen LogP contribution is 2.19. The lowest BCUT2D eigenvalue weighted by atomic mass is 10.00. The van der Waals surface area contributed by atoms with Crippen molar-refractivity contribution >= 4 is 21.8 Å². The van der Waals surface area contributed by atoms with Crippen LogP contribution in [-0.2, 0) is 0 Å². The molecule has 1 N–H and O–H groups in total. The van der Waals surface area contributed by atoms with Gasteiger partial charge in [-0.2, -0.15) is 0 Å². The third kappa shape index (κ3) is 4.45. The zero-order valence-corrected chi connectivity index (χ0v) is 10.8. The number of rotatable bonds is 5. The Morgan fingerprint density at radius 2 is 2.36 bits per heavy atom. The quantitative estimate of drug-likeness (QED) is 0.458. The van der Waals surface area contributed by atoms with Gasteiger partial charge in [0.15, 0.2) is 0 Å². The molecule has 0 saturated heterocycles. The molecule has 1 rings (SSSR count). The average Bonchev–Trinajstić information content (AvgIpc) is 2.52. The van der Waals surface area contributed by atoms with Gasteiger partial charge >= 0.3 is 0 Å². The smallest absolute Gasteiger partial charge is 0.0975 e. The molecule has 1 heterocycles. The van der Waals surface area contributed by atoms with Crippen LogP contribution in [0.3, 0.4) is 0 Å². The van der Waals surface area contributed by atoms with Crippen LogP contribution in [0, 0.1) is 5.92 Å². The lowest BCUT2D eigenvalue weighted by molar-refractivity contribution is 0.500. The van der Waals surface area contributed by atoms with Gasteiger partial charge in [0.25, 0.3) is 0 Å². The summed E-state index contributed by atoms with van der Waals surface area (Å²) in [4.78, 5) is 4.85. The van der Waals surface area contributed by atoms with E-state index in [2.05, 4.69) is 40.1 Å². The summed E-state index contributed by atoms with van der Waals surface area (Å²) in [5.41, 5.74) is 0. The summed E-state index contributed by atoms with van der Waals surface area (Å²) >= 11 is 3.48. The molecule has 14 heavy (non-hydrogen) atoms. The second-order valence-electron chi connectivity index (χ2n) is 4.11. The first-order valence-electron chi connectivity index (χ1n) is 5.66. The van der Waals surface area contributed by atoms with Gasteiger partial charge in [0.2, 0.25) is 0 Å². The lowest BCUT2D eigenvalue weighted by Crippen LogP contribution is -2.27. The van der Waals surface area contributed by atoms with Gasteiger partial charge in [0.05, 0.1) is 10.8 Å². The molecule has 3 heteroatoms. The lowest BCUT2D eigenvalue weighted by Gasteiger charge is -2.10. The van der Waals surface area contributed by atoms with E-state index in [-0.39, 0.29) is 0 Å². The molecule has 0 aromatic carbocycles. The van der Waals surface area contributed by atoms with Gasteiger partial charge < -0.3 is 5.32 Å². The number of alkyl halides is 1. The standard InChI is InChI=1S/C11H21BrN2/c1-3-4-5-6-10-7-11(13-8-10)14-9(2)12/h9-10H,3-8H2,1-2H3,(H,13,14). The molecule has 0 aromatic rings. The zero-order valence-electron chi connectivity index (χ0n) is 9.22. The van der Waals surface area contributed by atoms with Gasteiger partial charge in [-0.3, -0.25) is 4.99 Å². The summed E-state index contributed by atoms with van der Waals surface area (Å²) in [6, 6.07) is 0. The molecule has 0 fully saturated rings. The van der Waals surface area contributed by atoms with Crippen LogP contribution in [-0.4, -0.2) is 17.3 Å². The highest BCUT2D eigenvalue weighted by atomic mass is 79.9. The number of hydrogen-bond donors (Lipinski definition) is 1. The number of nitrogens with one attached hydrogen (secondary N) is 1. The Morgan fingerprint density at radius 1 is 1.57 bits per heavy atom. The van der Waals surface area contributed by atoms with Crippen LogP contribution in [0.5, 0.6) is 0 Å². The Hall–Kier alpha value is -0.0500. The molecule has 0 radical (unpaired) electrons. The predicted octanol–water partition coefficient (Wildman–Crippen LogP) is 3.32. The van der Waals surface area contributed by atoms with Gasteiger partial charge in [-0.1, -0.05) is 42.1 Å². The predicted molar refractivity (Wildman–Crippen MR) is 66.1 cm³/mol. The second kappa shape index (κ2) is 6.44. The van der Waals surface area contributed by atoms with Gasteiger partial charge in [-0.05, 0) is 19.3 Å². The maximum atomic E-state index is 4.51. The molecule has 0 aliphatic carbocycles. The van der Waals surface area contributed by atoms with Gasteiger partial charge in [0, 0.05) is 13.0 Å². The van der Waals surface area contributed by atoms with Crippen molar-refractivity contribution < 1.29 is 0 Å². The topological polar surface area (TPSA) is 24.4 Å². The number of halogens is 1. The highest BCUT2D eigenvalue weighted by Gasteiger charge is 2.18. The number of nitrogens with zero attached hydrogens (tertiary/aromatic N) is 1. The number of hydrogen-bond acceptors (Lipinski definition) is 2. The van der Waals surface area contributed by atoms with Crippen molar-refractivity contribution in [2.75, 3.05) is 6.54 Å². The van der Waals surface area contributed by atoms with E-state index >= 15 is 0 Å². The van der Waals surface area contributed by atoms with E-state index in [1.54, 1.807) is 0 Å². The molecular weight excluding hydrogens is 240 g/mol. The molecule has 0 bridgehead atoms. The van der Waals surface area contributed by atoms with Crippen molar-refractivity contribution in [3.05, 3.63) is 0 Å². The molecule has 1 aliphatic rings. The van der Waals surface area contributed by atoms with E-state index in [4.69, 9.17) is 0 Å². The zero-order chi connectivity index (χ0) is 10.4. The first-order chi connectivity index (χ1) is 6.72. The minimum atomic E-state index is 0.343. The van der Waals surface area contributed by atoms with Crippen molar-refractivity contribution in [3.63, 3.8) is 0 Å². The molecule has 2 unspecified atom stereocenters. The number of unbranched alkanes of at least 4 members (excludes halogenated alkanes) is 2. The van der Waals surface area contributed by atoms with E-state index in [1.807, 2.05) is 0 Å². The maximum Gasteiger partial charge on any atom is 0.0975 e. The summed E-state index contributed by atoms with van der Waals surface area (Å²) in [7, 11) is 0. The Balaban J connectivity index is 2.12. The molecule has 0 amide bonds. The molecule has 2 nitrogen and oxygen atoms in total. The summed E-state index contributed by atoms with van der Waals surface area (Å²) in [5.74, 6) is 1.99. The Bertz CT molecular complexity index is 190. The number of amidine groups is 1. The van der Waals surface area contributed by atoms with Crippen LogP contribution in [0.15, 0.2) is 4.99 Å². The van der Waals surface area contributed by atoms with Crippen molar-refractivity contribution in [1.82, 2.24) is 5.32 Å². The molecular formula is C11H21BrN2. The van der Waals surface area contributed by atoms with Crippen molar-refractivity contribution in [3.8, 4) is 0 Å². The Morgan fingerprint density at radius 3 is 3.00 bits per heavy atom. The molecule has 0 spiro atoms. The van der Waals surface area contributed by atoms with Crippen LogP contribution in [0.1, 0.15) is 46.0 Å². The van der Waals surface area contributed by atoms with Gasteiger partial charge in [-0.15, -0.1) is 0 Å². The van der Waals surface area contributed by atoms with E-state index in [9.17, 15) is 0 Å². The molecule has 1 aliphatic heterocycles. The summed E-state index contributed by atoms with van der Waals surface area (Å²) < 4.78 is 0. The molecule has 0 aromatic heterocycles. The third-order valence-corrected chi connectivity index (χ3v) is 2.83. The van der Waals surface area contributed by atoms with Gasteiger partial charge in [-0.25, -0.2) is 0 Å². The Labute approximate surface area is 95.7 Å². The normalized spacial score (nSPS) is 23.4. The fourth-order valence-electron chi connectivity index (χ4n) is 1.85. The highest BCUT2D eigenvalue weighted by molar-refractivity contribution is 9.09. The van der Waals surface area contributed by atoms with E-state index < -0.39 is 0 Å². The third-order valence-electron chi connectivity index (χ3n) is 2.60. The minimum Gasteiger partial charge on any atom is -0.362 e. The van der Waals surface area contributed by atoms with Crippen LogP contribution in [0.4, 0.5) is 0 Å². The maximum absolute atomic E-state index is 4.51. The summed E-state index contributed by atoms with van der Waals surface area (Å²) in [5, 5.41) is 3.33. The van der Waals surface area contributed by atoms with Crippen molar-refractivity contribution in [2.24, 2.45) is 10.9 Å². The fraction of sp³-hybridized carbons (Fsp3) is 0.909.